The van der Waals surface area contributed by atoms with E-state index in [2.05, 4.69) is 5.32 Å². The van der Waals surface area contributed by atoms with Gasteiger partial charge < -0.3 is 15.5 Å². The van der Waals surface area contributed by atoms with Gasteiger partial charge in [0.15, 0.2) is 0 Å². The van der Waals surface area contributed by atoms with E-state index >= 15 is 0 Å². The van der Waals surface area contributed by atoms with Gasteiger partial charge in [0, 0.05) is 19.5 Å². The zero-order valence-electron chi connectivity index (χ0n) is 9.10. The van der Waals surface area contributed by atoms with Crippen LogP contribution in [0.1, 0.15) is 13.3 Å². The van der Waals surface area contributed by atoms with Crippen LogP contribution in [0.4, 0.5) is 0 Å². The lowest BCUT2D eigenvalue weighted by Crippen LogP contribution is -2.37. The van der Waals surface area contributed by atoms with Crippen molar-refractivity contribution in [1.29, 1.82) is 0 Å². The number of carbonyl (C=O) groups excluding carboxylic acids is 1. The van der Waals surface area contributed by atoms with Crippen molar-refractivity contribution in [3.63, 3.8) is 0 Å². The van der Waals surface area contributed by atoms with Gasteiger partial charge in [0.25, 0.3) is 0 Å². The summed E-state index contributed by atoms with van der Waals surface area (Å²) in [5.74, 6) is -2.45. The number of carboxylic acids is 2. The molecule has 92 valence electrons. The Balaban J connectivity index is 4.05. The molecule has 0 radical (unpaired) electrons. The number of hydrogen-bond acceptors (Lipinski definition) is 4. The Bertz CT molecular complexity index is 251. The number of carboxylic acid groups (broad SMARTS) is 2. The Morgan fingerprint density at radius 3 is 2.00 bits per heavy atom. The Labute approximate surface area is 93.0 Å². The number of rotatable bonds is 8. The minimum absolute atomic E-state index is 0.0917. The minimum Gasteiger partial charge on any atom is -0.480 e. The quantitative estimate of drug-likeness (QED) is 0.494. The lowest BCUT2D eigenvalue weighted by atomic mass is 10.3. The highest BCUT2D eigenvalue weighted by atomic mass is 16.4. The predicted molar refractivity (Wildman–Crippen MR) is 55.0 cm³/mol. The number of carbonyl (C=O) groups is 3. The molecule has 0 unspecified atom stereocenters. The van der Waals surface area contributed by atoms with E-state index in [4.69, 9.17) is 10.2 Å². The average molecular weight is 232 g/mol. The third-order valence-corrected chi connectivity index (χ3v) is 1.75. The summed E-state index contributed by atoms with van der Waals surface area (Å²) in [5.41, 5.74) is 0. The molecule has 0 atom stereocenters. The second-order valence-corrected chi connectivity index (χ2v) is 3.20. The van der Waals surface area contributed by atoms with Gasteiger partial charge in [-0.3, -0.25) is 19.3 Å². The van der Waals surface area contributed by atoms with Crippen LogP contribution in [0, 0.1) is 0 Å². The van der Waals surface area contributed by atoms with Crippen LogP contribution < -0.4 is 5.32 Å². The highest BCUT2D eigenvalue weighted by Crippen LogP contribution is 1.92. The molecule has 0 spiro atoms. The average Bonchev–Trinajstić information content (AvgIpc) is 2.13. The number of nitrogens with one attached hydrogen (secondary N) is 1. The van der Waals surface area contributed by atoms with Gasteiger partial charge in [-0.2, -0.15) is 0 Å². The van der Waals surface area contributed by atoms with E-state index in [9.17, 15) is 14.4 Å². The van der Waals surface area contributed by atoms with E-state index in [0.717, 1.165) is 0 Å². The second kappa shape index (κ2) is 7.63. The molecule has 7 nitrogen and oxygen atoms in total. The predicted octanol–water partition coefficient (Wildman–Crippen LogP) is -1.02. The molecule has 0 saturated carbocycles. The SMILES string of the molecule is CCNC(=O)CCN(CC(=O)O)CC(=O)O. The van der Waals surface area contributed by atoms with Crippen molar-refractivity contribution < 1.29 is 24.6 Å². The summed E-state index contributed by atoms with van der Waals surface area (Å²) in [6.45, 7) is 1.61. The van der Waals surface area contributed by atoms with Gasteiger partial charge in [0.2, 0.25) is 5.91 Å². The minimum atomic E-state index is -1.11. The first-order valence-electron chi connectivity index (χ1n) is 4.88. The third kappa shape index (κ3) is 7.74. The molecule has 0 aliphatic carbocycles. The fourth-order valence-electron chi connectivity index (χ4n) is 1.14. The molecule has 7 heteroatoms. The molecule has 0 aromatic heterocycles. The summed E-state index contributed by atoms with van der Waals surface area (Å²) < 4.78 is 0. The van der Waals surface area contributed by atoms with Crippen LogP contribution in [0.5, 0.6) is 0 Å². The summed E-state index contributed by atoms with van der Waals surface area (Å²) >= 11 is 0. The Morgan fingerprint density at radius 2 is 1.62 bits per heavy atom. The molecular weight excluding hydrogens is 216 g/mol. The lowest BCUT2D eigenvalue weighted by molar-refractivity contribution is -0.142. The number of amides is 1. The monoisotopic (exact) mass is 232 g/mol. The highest BCUT2D eigenvalue weighted by molar-refractivity contribution is 5.76. The van der Waals surface area contributed by atoms with E-state index in [0.29, 0.717) is 6.54 Å². The van der Waals surface area contributed by atoms with Gasteiger partial charge in [0.05, 0.1) is 13.1 Å². The number of hydrogen-bond donors (Lipinski definition) is 3. The summed E-state index contributed by atoms with van der Waals surface area (Å²) in [4.78, 5) is 33.1. The Hall–Kier alpha value is -1.63. The summed E-state index contributed by atoms with van der Waals surface area (Å²) in [5, 5.41) is 19.6. The molecule has 1 amide bonds. The molecule has 0 bridgehead atoms. The van der Waals surface area contributed by atoms with Gasteiger partial charge in [-0.1, -0.05) is 0 Å². The van der Waals surface area contributed by atoms with E-state index in [1.165, 1.54) is 4.90 Å². The standard InChI is InChI=1S/C9H16N2O5/c1-2-10-7(12)3-4-11(5-8(13)14)6-9(15)16/h2-6H2,1H3,(H,10,12)(H,13,14)(H,15,16). The van der Waals surface area contributed by atoms with E-state index < -0.39 is 11.9 Å². The first kappa shape index (κ1) is 14.4. The molecule has 0 aliphatic rings. The van der Waals surface area contributed by atoms with Crippen molar-refractivity contribution in [2.45, 2.75) is 13.3 Å². The van der Waals surface area contributed by atoms with E-state index in [1.807, 2.05) is 0 Å². The van der Waals surface area contributed by atoms with Crippen molar-refractivity contribution in [2.24, 2.45) is 0 Å². The normalized spacial score (nSPS) is 10.1. The summed E-state index contributed by atoms with van der Waals surface area (Å²) in [6.07, 6.45) is 0.0917. The molecule has 0 rings (SSSR count). The van der Waals surface area contributed by atoms with Gasteiger partial charge in [-0.25, -0.2) is 0 Å². The molecule has 0 aromatic carbocycles. The topological polar surface area (TPSA) is 107 Å². The van der Waals surface area contributed by atoms with Crippen molar-refractivity contribution in [3.8, 4) is 0 Å². The molecule has 3 N–H and O–H groups in total. The largest absolute Gasteiger partial charge is 0.480 e. The molecule has 0 aliphatic heterocycles. The smallest absolute Gasteiger partial charge is 0.317 e. The van der Waals surface area contributed by atoms with E-state index in [1.54, 1.807) is 6.92 Å². The molecule has 0 heterocycles. The van der Waals surface area contributed by atoms with Crippen molar-refractivity contribution in [1.82, 2.24) is 10.2 Å². The molecular formula is C9H16N2O5. The van der Waals surface area contributed by atoms with Crippen LogP contribution >= 0.6 is 0 Å². The maximum absolute atomic E-state index is 11.1. The van der Waals surface area contributed by atoms with Crippen LogP contribution in [0.15, 0.2) is 0 Å². The Morgan fingerprint density at radius 1 is 1.12 bits per heavy atom. The molecule has 0 fully saturated rings. The van der Waals surface area contributed by atoms with E-state index in [-0.39, 0.29) is 32.0 Å². The third-order valence-electron chi connectivity index (χ3n) is 1.75. The zero-order chi connectivity index (χ0) is 12.6. The van der Waals surface area contributed by atoms with Crippen molar-refractivity contribution >= 4 is 17.8 Å². The zero-order valence-corrected chi connectivity index (χ0v) is 9.10. The number of aliphatic carboxylic acids is 2. The fraction of sp³-hybridized carbons (Fsp3) is 0.667. The summed E-state index contributed by atoms with van der Waals surface area (Å²) in [7, 11) is 0. The van der Waals surface area contributed by atoms with Gasteiger partial charge in [-0.15, -0.1) is 0 Å². The van der Waals surface area contributed by atoms with Crippen LogP contribution in [0.25, 0.3) is 0 Å². The lowest BCUT2D eigenvalue weighted by Gasteiger charge is -2.17. The first-order valence-corrected chi connectivity index (χ1v) is 4.88. The maximum atomic E-state index is 11.1. The highest BCUT2D eigenvalue weighted by Gasteiger charge is 2.14. The Kier molecular flexibility index (Phi) is 6.86. The fourth-order valence-corrected chi connectivity index (χ4v) is 1.14. The van der Waals surface area contributed by atoms with Gasteiger partial charge >= 0.3 is 11.9 Å². The number of nitrogens with zero attached hydrogens (tertiary/aromatic N) is 1. The van der Waals surface area contributed by atoms with Crippen LogP contribution in [-0.4, -0.2) is 59.1 Å². The van der Waals surface area contributed by atoms with Crippen molar-refractivity contribution in [3.05, 3.63) is 0 Å². The maximum Gasteiger partial charge on any atom is 0.317 e. The van der Waals surface area contributed by atoms with Gasteiger partial charge in [0.1, 0.15) is 0 Å². The second-order valence-electron chi connectivity index (χ2n) is 3.20. The van der Waals surface area contributed by atoms with Crippen LogP contribution in [0.3, 0.4) is 0 Å². The van der Waals surface area contributed by atoms with Crippen molar-refractivity contribution in [2.75, 3.05) is 26.2 Å². The molecule has 16 heavy (non-hydrogen) atoms. The summed E-state index contributed by atoms with van der Waals surface area (Å²) in [6, 6.07) is 0. The van der Waals surface area contributed by atoms with Crippen LogP contribution in [-0.2, 0) is 14.4 Å². The molecule has 0 aromatic rings. The first-order chi connectivity index (χ1) is 7.45. The van der Waals surface area contributed by atoms with Gasteiger partial charge in [-0.05, 0) is 6.92 Å². The van der Waals surface area contributed by atoms with Crippen LogP contribution in [0.2, 0.25) is 0 Å². The molecule has 0 saturated heterocycles.